The van der Waals surface area contributed by atoms with Crippen molar-refractivity contribution in [3.8, 4) is 0 Å². The predicted octanol–water partition coefficient (Wildman–Crippen LogP) is -2.66. The number of nitrogens with one attached hydrogen (secondary N) is 6. The number of thiol groups is 1. The highest BCUT2D eigenvalue weighted by Crippen LogP contribution is 2.16. The lowest BCUT2D eigenvalue weighted by Crippen LogP contribution is -2.56. The number of imidazole rings is 1. The van der Waals surface area contributed by atoms with E-state index in [-0.39, 0.29) is 101 Å². The van der Waals surface area contributed by atoms with Gasteiger partial charge >= 0.3 is 0 Å². The Labute approximate surface area is 416 Å². The number of nitrogens with zero attached hydrogens (tertiary/aromatic N) is 5. The Morgan fingerprint density at radius 3 is 1.74 bits per heavy atom. The molecule has 0 radical (unpaired) electrons. The predicted molar refractivity (Wildman–Crippen MR) is 267 cm³/mol. The summed E-state index contributed by atoms with van der Waals surface area (Å²) in [5.41, 5.74) is 29.6. The Kier molecular flexibility index (Phi) is 29.6. The third kappa shape index (κ3) is 22.7. The lowest BCUT2D eigenvalue weighted by molar-refractivity contribution is -0.142. The second-order valence-electron chi connectivity index (χ2n) is 16.9. The van der Waals surface area contributed by atoms with E-state index in [1.165, 1.54) is 34.1 Å². The van der Waals surface area contributed by atoms with Crippen LogP contribution in [-0.4, -0.2) is 177 Å². The number of aromatic nitrogens is 3. The minimum absolute atomic E-state index is 0.00562. The van der Waals surface area contributed by atoms with Gasteiger partial charge in [0.1, 0.15) is 24.2 Å². The van der Waals surface area contributed by atoms with Crippen molar-refractivity contribution in [3.63, 3.8) is 0 Å². The van der Waals surface area contributed by atoms with E-state index in [9.17, 15) is 38.7 Å². The second-order valence-corrected chi connectivity index (χ2v) is 17.3. The summed E-state index contributed by atoms with van der Waals surface area (Å²) < 4.78 is 0. The number of hydrogen-bond acceptors (Lipinski definition) is 15. The van der Waals surface area contributed by atoms with Gasteiger partial charge in [0.05, 0.1) is 12.4 Å². The quantitative estimate of drug-likeness (QED) is 0.0142. The van der Waals surface area contributed by atoms with Crippen molar-refractivity contribution in [2.24, 2.45) is 28.7 Å². The van der Waals surface area contributed by atoms with E-state index in [1.807, 2.05) is 0 Å². The van der Waals surface area contributed by atoms with Crippen molar-refractivity contribution in [1.82, 2.24) is 50.9 Å². The van der Waals surface area contributed by atoms with Crippen LogP contribution in [0.2, 0.25) is 0 Å². The van der Waals surface area contributed by atoms with Gasteiger partial charge in [0.15, 0.2) is 5.96 Å². The molecule has 0 spiro atoms. The number of nitrogens with two attached hydrogens (primary N) is 5. The van der Waals surface area contributed by atoms with Gasteiger partial charge in [-0.2, -0.15) is 12.6 Å². The van der Waals surface area contributed by atoms with Crippen molar-refractivity contribution in [2.75, 3.05) is 64.7 Å². The van der Waals surface area contributed by atoms with E-state index in [0.29, 0.717) is 75.8 Å². The molecule has 7 amide bonds. The number of carbonyl (C=O) groups is 7. The molecule has 0 aliphatic heterocycles. The maximum atomic E-state index is 14.4. The normalized spacial score (nSPS) is 13.2. The van der Waals surface area contributed by atoms with E-state index in [1.54, 1.807) is 24.5 Å². The minimum Gasteiger partial charge on any atom is -0.391 e. The molecule has 0 fully saturated rings. The zero-order chi connectivity index (χ0) is 51.8. The summed E-state index contributed by atoms with van der Waals surface area (Å²) in [6.45, 7) is 1.91. The van der Waals surface area contributed by atoms with Crippen LogP contribution in [0.4, 0.5) is 0 Å². The Balaban J connectivity index is 2.45. The molecular weight excluding hydrogens is 925 g/mol. The first-order valence-corrected chi connectivity index (χ1v) is 24.6. The fraction of sp³-hybridized carbons (Fsp3) is 0.644. The highest BCUT2D eigenvalue weighted by molar-refractivity contribution is 7.80. The second kappa shape index (κ2) is 34.4. The van der Waals surface area contributed by atoms with Gasteiger partial charge in [0, 0.05) is 102 Å². The van der Waals surface area contributed by atoms with Gasteiger partial charge in [0.2, 0.25) is 41.4 Å². The number of H-pyrrole nitrogens is 1. The largest absolute Gasteiger partial charge is 0.391 e. The van der Waals surface area contributed by atoms with Gasteiger partial charge in [-0.3, -0.25) is 44.0 Å². The van der Waals surface area contributed by atoms with Gasteiger partial charge < -0.3 is 74.7 Å². The van der Waals surface area contributed by atoms with Gasteiger partial charge in [0.25, 0.3) is 0 Å². The van der Waals surface area contributed by atoms with Crippen LogP contribution in [0.3, 0.4) is 0 Å². The summed E-state index contributed by atoms with van der Waals surface area (Å²) in [4.78, 5) is 111. The Morgan fingerprint density at radius 2 is 1.24 bits per heavy atom. The summed E-state index contributed by atoms with van der Waals surface area (Å²) in [7, 11) is 0. The maximum absolute atomic E-state index is 14.4. The number of primary amides is 1. The number of aliphatic hydroxyl groups excluding tert-OH is 1. The molecule has 17 N–H and O–H groups in total. The van der Waals surface area contributed by atoms with Crippen molar-refractivity contribution in [1.29, 1.82) is 5.41 Å². The third-order valence-corrected chi connectivity index (χ3v) is 11.6. The lowest BCUT2D eigenvalue weighted by atomic mass is 10.0. The first kappa shape index (κ1) is 60.2. The van der Waals surface area contributed by atoms with Crippen molar-refractivity contribution in [2.45, 2.75) is 121 Å². The number of aromatic amines is 1. The number of carbonyl (C=O) groups excluding carboxylic acids is 7. The summed E-state index contributed by atoms with van der Waals surface area (Å²) in [5.74, 6) is -3.67. The molecule has 70 heavy (non-hydrogen) atoms. The van der Waals surface area contributed by atoms with Crippen LogP contribution in [0.5, 0.6) is 0 Å². The highest BCUT2D eigenvalue weighted by Gasteiger charge is 2.34. The number of guanidine groups is 1. The average Bonchev–Trinajstić information content (AvgIpc) is 3.85. The van der Waals surface area contributed by atoms with Gasteiger partial charge in [-0.1, -0.05) is 12.5 Å². The Morgan fingerprint density at radius 1 is 0.700 bits per heavy atom. The van der Waals surface area contributed by atoms with E-state index < -0.39 is 59.8 Å². The van der Waals surface area contributed by atoms with Crippen LogP contribution in [0, 0.1) is 5.41 Å². The molecule has 25 heteroatoms. The van der Waals surface area contributed by atoms with E-state index >= 15 is 0 Å². The zero-order valence-electron chi connectivity index (χ0n) is 40.5. The molecule has 2 rings (SSSR count). The molecule has 2 heterocycles. The molecule has 0 aliphatic carbocycles. The number of amides is 7. The molecular formula is C45H78N16O8S. The van der Waals surface area contributed by atoms with Crippen molar-refractivity contribution < 1.29 is 38.7 Å². The van der Waals surface area contributed by atoms with Crippen LogP contribution < -0.4 is 49.9 Å². The van der Waals surface area contributed by atoms with E-state index in [4.69, 9.17) is 34.1 Å². The van der Waals surface area contributed by atoms with Crippen molar-refractivity contribution >= 4 is 59.9 Å². The lowest BCUT2D eigenvalue weighted by Gasteiger charge is -2.34. The monoisotopic (exact) mass is 1000 g/mol. The minimum atomic E-state index is -1.21. The van der Waals surface area contributed by atoms with Crippen LogP contribution in [0.25, 0.3) is 0 Å². The standard InChI is InChI=1S/C45H78N16O8S/c1-31(62)40(48)44(69)56-21-24-60(39(65)14-25-70)35(26-32-10-9-17-52-28-32)42(67)54-20-23-61(38(64)12-3-2-6-15-46)36(27-33-29-53-30-58-33)43(68)55-19-22-59(34(41(49)66)11-4-7-16-47)37(63)13-5-8-18-57-45(50)51/h9-10,17,28-31,34-36,40,62,70H,2-8,11-16,18-27,46-48H2,1H3,(H2,49,66)(H,53,58)(H,54,67)(H,55,68)(H,56,69)(H4,50,51,57). The molecule has 0 saturated carbocycles. The van der Waals surface area contributed by atoms with E-state index in [2.05, 4.69) is 48.8 Å². The summed E-state index contributed by atoms with van der Waals surface area (Å²) >= 11 is 4.24. The molecule has 0 aromatic carbocycles. The first-order chi connectivity index (χ1) is 33.6. The third-order valence-electron chi connectivity index (χ3n) is 11.4. The number of aliphatic hydroxyl groups is 1. The molecule has 0 saturated heterocycles. The molecule has 392 valence electrons. The average molecular weight is 1000 g/mol. The highest BCUT2D eigenvalue weighted by atomic mass is 32.1. The summed E-state index contributed by atoms with van der Waals surface area (Å²) in [6, 6.07) is -1.01. The fourth-order valence-electron chi connectivity index (χ4n) is 7.55. The number of pyridine rings is 1. The topological polar surface area (TPSA) is 393 Å². The molecule has 2 aromatic heterocycles. The maximum Gasteiger partial charge on any atom is 0.243 e. The molecule has 5 unspecified atom stereocenters. The van der Waals surface area contributed by atoms with E-state index in [0.717, 1.165) is 0 Å². The number of unbranched alkanes of at least 4 members (excludes halogenated alkanes) is 4. The van der Waals surface area contributed by atoms with Gasteiger partial charge in [-0.05, 0) is 82.3 Å². The van der Waals surface area contributed by atoms with Crippen molar-refractivity contribution in [3.05, 3.63) is 48.3 Å². The molecule has 2 aromatic rings. The summed E-state index contributed by atoms with van der Waals surface area (Å²) in [5, 5.41) is 28.2. The van der Waals surface area contributed by atoms with Crippen LogP contribution in [0.15, 0.2) is 37.1 Å². The van der Waals surface area contributed by atoms with Crippen LogP contribution in [-0.2, 0) is 46.4 Å². The number of rotatable bonds is 37. The first-order valence-electron chi connectivity index (χ1n) is 24.0. The van der Waals surface area contributed by atoms with Gasteiger partial charge in [-0.25, -0.2) is 4.98 Å². The Hall–Kier alpha value is -5.89. The van der Waals surface area contributed by atoms with Crippen LogP contribution in [0.1, 0.15) is 88.8 Å². The number of hydrogen-bond donors (Lipinski definition) is 13. The molecule has 24 nitrogen and oxygen atoms in total. The molecule has 0 aliphatic rings. The Bertz CT molecular complexity index is 1900. The fourth-order valence-corrected chi connectivity index (χ4v) is 7.74. The SMILES string of the molecule is CC(O)C(N)C(=O)NCCN(C(=O)CCS)C(Cc1cccnc1)C(=O)NCCN(C(=O)CCCCCN)C(Cc1cnc[nH]1)C(=O)NCCN(C(=O)CCCCNC(=N)N)C(CCCCN)C(N)=O. The molecule has 5 atom stereocenters. The summed E-state index contributed by atoms with van der Waals surface area (Å²) in [6.07, 6.45) is 9.26. The smallest absolute Gasteiger partial charge is 0.243 e. The molecule has 0 bridgehead atoms. The van der Waals surface area contributed by atoms with Gasteiger partial charge in [-0.15, -0.1) is 0 Å². The zero-order valence-corrected chi connectivity index (χ0v) is 41.4. The van der Waals surface area contributed by atoms with Crippen LogP contribution >= 0.6 is 12.6 Å².